The van der Waals surface area contributed by atoms with E-state index in [1.165, 1.54) is 0 Å². The molecule has 0 saturated heterocycles. The molecule has 0 atom stereocenters. The van der Waals surface area contributed by atoms with Crippen LogP contribution in [-0.4, -0.2) is 62.0 Å². The van der Waals surface area contributed by atoms with Crippen molar-refractivity contribution >= 4 is 17.8 Å². The van der Waals surface area contributed by atoms with E-state index in [1.807, 2.05) is 28.2 Å². The Morgan fingerprint density at radius 2 is 1.19 bits per heavy atom. The zero-order chi connectivity index (χ0) is 12.3. The molecule has 0 amide bonds. The highest BCUT2D eigenvalue weighted by atomic mass is 16.3. The molecule has 1 aromatic rings. The number of aliphatic hydroxyl groups excluding tert-OH is 1. The molecule has 16 heavy (non-hydrogen) atoms. The van der Waals surface area contributed by atoms with Crippen LogP contribution >= 0.6 is 0 Å². The van der Waals surface area contributed by atoms with Gasteiger partial charge in [0.15, 0.2) is 0 Å². The molecular weight excluding hydrogens is 208 g/mol. The molecule has 1 N–H and O–H groups in total. The summed E-state index contributed by atoms with van der Waals surface area (Å²) in [6.07, 6.45) is 0. The molecule has 1 aromatic heterocycles. The van der Waals surface area contributed by atoms with Gasteiger partial charge in [-0.1, -0.05) is 0 Å². The summed E-state index contributed by atoms with van der Waals surface area (Å²) in [5, 5.41) is 9.05. The van der Waals surface area contributed by atoms with Crippen LogP contribution in [0.5, 0.6) is 0 Å². The van der Waals surface area contributed by atoms with Crippen LogP contribution in [0.4, 0.5) is 17.8 Å². The molecule has 0 aliphatic heterocycles. The molecule has 0 aliphatic carbocycles. The first-order chi connectivity index (χ1) is 7.45. The average Bonchev–Trinajstić information content (AvgIpc) is 2.27. The summed E-state index contributed by atoms with van der Waals surface area (Å²) in [6, 6.07) is 0. The average molecular weight is 226 g/mol. The minimum Gasteiger partial charge on any atom is -0.376 e. The van der Waals surface area contributed by atoms with Crippen LogP contribution in [0.25, 0.3) is 0 Å². The summed E-state index contributed by atoms with van der Waals surface area (Å²) in [5.41, 5.74) is 0. The number of rotatable bonds is 4. The van der Waals surface area contributed by atoms with Gasteiger partial charge < -0.3 is 19.8 Å². The number of aromatic nitrogens is 3. The van der Waals surface area contributed by atoms with Crippen LogP contribution in [0.15, 0.2) is 0 Å². The van der Waals surface area contributed by atoms with Gasteiger partial charge in [-0.05, 0) is 0 Å². The van der Waals surface area contributed by atoms with Gasteiger partial charge in [0.05, 0.1) is 0 Å². The van der Waals surface area contributed by atoms with E-state index < -0.39 is 0 Å². The second-order valence-electron chi connectivity index (χ2n) is 3.86. The molecule has 1 rings (SSSR count). The molecule has 0 radical (unpaired) electrons. The summed E-state index contributed by atoms with van der Waals surface area (Å²) in [7, 11) is 9.15. The van der Waals surface area contributed by atoms with Gasteiger partial charge in [-0.15, -0.1) is 0 Å². The van der Waals surface area contributed by atoms with Crippen molar-refractivity contribution in [3.05, 3.63) is 0 Å². The Bertz CT molecular complexity index is 328. The highest BCUT2D eigenvalue weighted by Crippen LogP contribution is 2.15. The third-order valence-corrected chi connectivity index (χ3v) is 1.95. The zero-order valence-electron chi connectivity index (χ0n) is 10.3. The lowest BCUT2D eigenvalue weighted by molar-refractivity contribution is 0.296. The molecule has 1 heterocycles. The predicted molar refractivity (Wildman–Crippen MR) is 64.0 cm³/mol. The summed E-state index contributed by atoms with van der Waals surface area (Å²) >= 11 is 0. The number of anilines is 3. The SMILES string of the molecule is CN(C)c1nc(N(C)C)nc(N(C)CO)n1. The van der Waals surface area contributed by atoms with Gasteiger partial charge in [0, 0.05) is 35.2 Å². The van der Waals surface area contributed by atoms with Gasteiger partial charge in [-0.2, -0.15) is 15.0 Å². The van der Waals surface area contributed by atoms with E-state index in [9.17, 15) is 0 Å². The Kier molecular flexibility index (Phi) is 3.83. The van der Waals surface area contributed by atoms with Crippen molar-refractivity contribution in [2.45, 2.75) is 0 Å². The van der Waals surface area contributed by atoms with Crippen LogP contribution in [0, 0.1) is 0 Å². The largest absolute Gasteiger partial charge is 0.376 e. The van der Waals surface area contributed by atoms with Crippen molar-refractivity contribution in [2.75, 3.05) is 56.7 Å². The van der Waals surface area contributed by atoms with Gasteiger partial charge in [0.25, 0.3) is 0 Å². The molecular formula is C9H18N6O. The second kappa shape index (κ2) is 4.93. The smallest absolute Gasteiger partial charge is 0.233 e. The predicted octanol–water partition coefficient (Wildman–Crippen LogP) is -0.610. The first-order valence-electron chi connectivity index (χ1n) is 4.88. The van der Waals surface area contributed by atoms with E-state index in [0.29, 0.717) is 17.8 Å². The minimum atomic E-state index is -0.135. The van der Waals surface area contributed by atoms with Crippen molar-refractivity contribution in [3.8, 4) is 0 Å². The first-order valence-corrected chi connectivity index (χ1v) is 4.88. The maximum Gasteiger partial charge on any atom is 0.233 e. The van der Waals surface area contributed by atoms with Crippen molar-refractivity contribution in [3.63, 3.8) is 0 Å². The normalized spacial score (nSPS) is 10.1. The molecule has 7 heteroatoms. The number of hydrogen-bond acceptors (Lipinski definition) is 7. The fourth-order valence-electron chi connectivity index (χ4n) is 0.977. The van der Waals surface area contributed by atoms with Crippen LogP contribution in [0.1, 0.15) is 0 Å². The second-order valence-corrected chi connectivity index (χ2v) is 3.86. The van der Waals surface area contributed by atoms with E-state index in [-0.39, 0.29) is 6.73 Å². The molecule has 0 unspecified atom stereocenters. The lowest BCUT2D eigenvalue weighted by atomic mass is 10.7. The van der Waals surface area contributed by atoms with Gasteiger partial charge >= 0.3 is 0 Å². The van der Waals surface area contributed by atoms with Crippen LogP contribution < -0.4 is 14.7 Å². The maximum absolute atomic E-state index is 9.05. The first kappa shape index (κ1) is 12.4. The highest BCUT2D eigenvalue weighted by Gasteiger charge is 2.11. The lowest BCUT2D eigenvalue weighted by Gasteiger charge is -2.19. The van der Waals surface area contributed by atoms with Gasteiger partial charge in [-0.25, -0.2) is 0 Å². The summed E-state index contributed by atoms with van der Waals surface area (Å²) < 4.78 is 0. The highest BCUT2D eigenvalue weighted by molar-refractivity contribution is 5.44. The maximum atomic E-state index is 9.05. The fraction of sp³-hybridized carbons (Fsp3) is 0.667. The summed E-state index contributed by atoms with van der Waals surface area (Å²) in [4.78, 5) is 17.9. The molecule has 0 fully saturated rings. The minimum absolute atomic E-state index is 0.135. The van der Waals surface area contributed by atoms with E-state index in [4.69, 9.17) is 5.11 Å². The third kappa shape index (κ3) is 2.69. The lowest BCUT2D eigenvalue weighted by Crippen LogP contribution is -2.25. The van der Waals surface area contributed by atoms with Crippen molar-refractivity contribution < 1.29 is 5.11 Å². The molecule has 0 aromatic carbocycles. The summed E-state index contributed by atoms with van der Waals surface area (Å²) in [6.45, 7) is -0.135. The quantitative estimate of drug-likeness (QED) is 0.687. The Balaban J connectivity index is 3.18. The molecule has 0 spiro atoms. The summed E-state index contributed by atoms with van der Waals surface area (Å²) in [5.74, 6) is 1.58. The van der Waals surface area contributed by atoms with Crippen LogP contribution in [0.3, 0.4) is 0 Å². The van der Waals surface area contributed by atoms with E-state index >= 15 is 0 Å². The number of nitrogens with zero attached hydrogens (tertiary/aromatic N) is 6. The fourth-order valence-corrected chi connectivity index (χ4v) is 0.977. The standard InChI is InChI=1S/C9H18N6O/c1-13(2)7-10-8(14(3)4)12-9(11-7)15(5)6-16/h16H,6H2,1-5H3. The topological polar surface area (TPSA) is 68.6 Å². The van der Waals surface area contributed by atoms with Gasteiger partial charge in [-0.3, -0.25) is 0 Å². The molecule has 7 nitrogen and oxygen atoms in total. The van der Waals surface area contributed by atoms with E-state index in [2.05, 4.69) is 15.0 Å². The van der Waals surface area contributed by atoms with Crippen molar-refractivity contribution in [2.24, 2.45) is 0 Å². The number of hydrogen-bond donors (Lipinski definition) is 1. The van der Waals surface area contributed by atoms with Crippen molar-refractivity contribution in [1.29, 1.82) is 0 Å². The van der Waals surface area contributed by atoms with Crippen molar-refractivity contribution in [1.82, 2.24) is 15.0 Å². The zero-order valence-corrected chi connectivity index (χ0v) is 10.3. The van der Waals surface area contributed by atoms with E-state index in [1.54, 1.807) is 21.7 Å². The molecule has 0 saturated carbocycles. The molecule has 0 bridgehead atoms. The Labute approximate surface area is 95.4 Å². The van der Waals surface area contributed by atoms with E-state index in [0.717, 1.165) is 0 Å². The monoisotopic (exact) mass is 226 g/mol. The van der Waals surface area contributed by atoms with Gasteiger partial charge in [0.2, 0.25) is 17.8 Å². The van der Waals surface area contributed by atoms with Crippen LogP contribution in [0.2, 0.25) is 0 Å². The Morgan fingerprint density at radius 3 is 1.50 bits per heavy atom. The molecule has 0 aliphatic rings. The molecule has 90 valence electrons. The van der Waals surface area contributed by atoms with Crippen LogP contribution in [-0.2, 0) is 0 Å². The third-order valence-electron chi connectivity index (χ3n) is 1.95. The van der Waals surface area contributed by atoms with Gasteiger partial charge in [0.1, 0.15) is 6.73 Å². The Morgan fingerprint density at radius 1 is 0.812 bits per heavy atom. The number of aliphatic hydroxyl groups is 1. The Hall–Kier alpha value is -1.63.